The van der Waals surface area contributed by atoms with E-state index in [-0.39, 0.29) is 34.6 Å². The van der Waals surface area contributed by atoms with Gasteiger partial charge in [-0.25, -0.2) is 0 Å². The molecule has 0 saturated carbocycles. The van der Waals surface area contributed by atoms with E-state index in [0.29, 0.717) is 31.0 Å². The quantitative estimate of drug-likeness (QED) is 0.871. The Morgan fingerprint density at radius 1 is 1.26 bits per heavy atom. The van der Waals surface area contributed by atoms with Gasteiger partial charge in [-0.05, 0) is 31.0 Å². The maximum absolute atomic E-state index is 12.3. The molecule has 2 amide bonds. The predicted molar refractivity (Wildman–Crippen MR) is 89.6 cm³/mol. The smallest absolute Gasteiger partial charge is 0.255 e. The molecule has 2 N–H and O–H groups in total. The average Bonchev–Trinajstić information content (AvgIpc) is 2.48. The number of piperidine rings is 1. The average molecular weight is 339 g/mol. The number of likely N-dealkylation sites (tertiary alicyclic amines) is 1. The zero-order valence-electron chi connectivity index (χ0n) is 13.7. The van der Waals surface area contributed by atoms with Gasteiger partial charge in [0.05, 0.1) is 5.56 Å². The molecule has 0 atom stereocenters. The van der Waals surface area contributed by atoms with Crippen molar-refractivity contribution in [2.24, 2.45) is 5.41 Å². The van der Waals surface area contributed by atoms with E-state index in [1.165, 1.54) is 18.2 Å². The molecule has 0 aromatic heterocycles. The summed E-state index contributed by atoms with van der Waals surface area (Å²) in [5.41, 5.74) is -0.214. The fraction of sp³-hybridized carbons (Fsp3) is 0.529. The van der Waals surface area contributed by atoms with Crippen LogP contribution >= 0.6 is 11.6 Å². The highest BCUT2D eigenvalue weighted by atomic mass is 35.5. The lowest BCUT2D eigenvalue weighted by Gasteiger charge is -2.36. The first kappa shape index (κ1) is 17.6. The highest BCUT2D eigenvalue weighted by Gasteiger charge is 2.30. The normalized spacial score (nSPS) is 16.3. The van der Waals surface area contributed by atoms with Crippen LogP contribution in [0.5, 0.6) is 5.75 Å². The van der Waals surface area contributed by atoms with E-state index in [0.717, 1.165) is 0 Å². The number of halogens is 1. The topological polar surface area (TPSA) is 69.6 Å². The summed E-state index contributed by atoms with van der Waals surface area (Å²) in [6.45, 7) is 6.98. The Kier molecular flexibility index (Phi) is 5.19. The number of phenolic OH excluding ortho intramolecular Hbond substituents is 1. The van der Waals surface area contributed by atoms with Crippen LogP contribution in [0.15, 0.2) is 18.2 Å². The molecule has 1 fully saturated rings. The van der Waals surface area contributed by atoms with Gasteiger partial charge in [0.1, 0.15) is 5.75 Å². The number of hydrogen-bond donors (Lipinski definition) is 2. The number of phenols is 1. The van der Waals surface area contributed by atoms with Gasteiger partial charge < -0.3 is 15.3 Å². The van der Waals surface area contributed by atoms with Crippen LogP contribution in [0.4, 0.5) is 0 Å². The molecule has 5 nitrogen and oxygen atoms in total. The predicted octanol–water partition coefficient (Wildman–Crippen LogP) is 2.81. The Morgan fingerprint density at radius 2 is 1.87 bits per heavy atom. The number of nitrogens with zero attached hydrogens (tertiary/aromatic N) is 1. The summed E-state index contributed by atoms with van der Waals surface area (Å²) in [6, 6.07) is 4.38. The molecule has 1 heterocycles. The van der Waals surface area contributed by atoms with Crippen molar-refractivity contribution >= 4 is 23.4 Å². The Labute approximate surface area is 141 Å². The standard InChI is InChI=1S/C17H23ClN2O3/c1-17(2,3)16(23)20-8-6-12(7-9-20)19-15(22)13-10-11(18)4-5-14(13)21/h4-5,10,12,21H,6-9H2,1-3H3,(H,19,22). The van der Waals surface area contributed by atoms with E-state index >= 15 is 0 Å². The summed E-state index contributed by atoms with van der Waals surface area (Å²) < 4.78 is 0. The zero-order valence-corrected chi connectivity index (χ0v) is 14.5. The number of rotatable bonds is 2. The van der Waals surface area contributed by atoms with Crippen LogP contribution in [0, 0.1) is 5.41 Å². The molecule has 0 unspecified atom stereocenters. The van der Waals surface area contributed by atoms with Crippen molar-refractivity contribution in [1.82, 2.24) is 10.2 Å². The second-order valence-corrected chi connectivity index (χ2v) is 7.39. The summed E-state index contributed by atoms with van der Waals surface area (Å²) in [5.74, 6) is -0.299. The fourth-order valence-electron chi connectivity index (χ4n) is 2.65. The lowest BCUT2D eigenvalue weighted by Crippen LogP contribution is -2.49. The second kappa shape index (κ2) is 6.79. The largest absolute Gasteiger partial charge is 0.507 e. The summed E-state index contributed by atoms with van der Waals surface area (Å²) in [7, 11) is 0. The lowest BCUT2D eigenvalue weighted by atomic mass is 9.93. The summed E-state index contributed by atoms with van der Waals surface area (Å²) in [6.07, 6.45) is 1.41. The van der Waals surface area contributed by atoms with E-state index < -0.39 is 0 Å². The molecule has 1 aliphatic heterocycles. The third-order valence-corrected chi connectivity index (χ3v) is 4.20. The van der Waals surface area contributed by atoms with Crippen molar-refractivity contribution in [1.29, 1.82) is 0 Å². The summed E-state index contributed by atoms with van der Waals surface area (Å²) >= 11 is 5.87. The van der Waals surface area contributed by atoms with Crippen molar-refractivity contribution < 1.29 is 14.7 Å². The van der Waals surface area contributed by atoms with Gasteiger partial charge in [0, 0.05) is 29.6 Å². The van der Waals surface area contributed by atoms with Gasteiger partial charge in [0.15, 0.2) is 0 Å². The summed E-state index contributed by atoms with van der Waals surface area (Å²) in [5, 5.41) is 13.1. The van der Waals surface area contributed by atoms with Gasteiger partial charge in [0.25, 0.3) is 5.91 Å². The molecular weight excluding hydrogens is 316 g/mol. The second-order valence-electron chi connectivity index (χ2n) is 6.95. The van der Waals surface area contributed by atoms with E-state index in [1.54, 1.807) is 0 Å². The van der Waals surface area contributed by atoms with Crippen LogP contribution in [-0.2, 0) is 4.79 Å². The van der Waals surface area contributed by atoms with Crippen molar-refractivity contribution in [3.63, 3.8) is 0 Å². The molecular formula is C17H23ClN2O3. The van der Waals surface area contributed by atoms with Crippen molar-refractivity contribution in [3.8, 4) is 5.75 Å². The molecule has 0 spiro atoms. The minimum absolute atomic E-state index is 0.00935. The number of carbonyl (C=O) groups excluding carboxylic acids is 2. The minimum Gasteiger partial charge on any atom is -0.507 e. The highest BCUT2D eigenvalue weighted by molar-refractivity contribution is 6.31. The van der Waals surface area contributed by atoms with Gasteiger partial charge in [-0.1, -0.05) is 32.4 Å². The van der Waals surface area contributed by atoms with Crippen LogP contribution in [0.3, 0.4) is 0 Å². The number of amides is 2. The number of aromatic hydroxyl groups is 1. The van der Waals surface area contributed by atoms with Crippen LogP contribution in [0.2, 0.25) is 5.02 Å². The molecule has 1 aromatic rings. The molecule has 6 heteroatoms. The van der Waals surface area contributed by atoms with Gasteiger partial charge >= 0.3 is 0 Å². The Balaban J connectivity index is 1.93. The van der Waals surface area contributed by atoms with Crippen LogP contribution in [0.1, 0.15) is 44.0 Å². The molecule has 1 aromatic carbocycles. The van der Waals surface area contributed by atoms with Gasteiger partial charge in [-0.3, -0.25) is 9.59 Å². The number of benzene rings is 1. The highest BCUT2D eigenvalue weighted by Crippen LogP contribution is 2.23. The van der Waals surface area contributed by atoms with Crippen molar-refractivity contribution in [2.45, 2.75) is 39.7 Å². The number of nitrogens with one attached hydrogen (secondary N) is 1. The van der Waals surface area contributed by atoms with E-state index in [2.05, 4.69) is 5.32 Å². The van der Waals surface area contributed by atoms with Crippen LogP contribution in [0.25, 0.3) is 0 Å². The summed E-state index contributed by atoms with van der Waals surface area (Å²) in [4.78, 5) is 26.3. The lowest BCUT2D eigenvalue weighted by molar-refractivity contribution is -0.140. The Hall–Kier alpha value is -1.75. The first-order valence-electron chi connectivity index (χ1n) is 7.77. The SMILES string of the molecule is CC(C)(C)C(=O)N1CCC(NC(=O)c2cc(Cl)ccc2O)CC1. The van der Waals surface area contributed by atoms with Crippen LogP contribution < -0.4 is 5.32 Å². The third-order valence-electron chi connectivity index (χ3n) is 3.96. The van der Waals surface area contributed by atoms with Gasteiger partial charge in [0.2, 0.25) is 5.91 Å². The first-order valence-corrected chi connectivity index (χ1v) is 8.15. The molecule has 1 saturated heterocycles. The maximum Gasteiger partial charge on any atom is 0.255 e. The Morgan fingerprint density at radius 3 is 2.43 bits per heavy atom. The third kappa shape index (κ3) is 4.38. The van der Waals surface area contributed by atoms with Gasteiger partial charge in [-0.2, -0.15) is 0 Å². The van der Waals surface area contributed by atoms with Crippen molar-refractivity contribution in [2.75, 3.05) is 13.1 Å². The van der Waals surface area contributed by atoms with Gasteiger partial charge in [-0.15, -0.1) is 0 Å². The van der Waals surface area contributed by atoms with Crippen molar-refractivity contribution in [3.05, 3.63) is 28.8 Å². The molecule has 23 heavy (non-hydrogen) atoms. The Bertz CT molecular complexity index is 602. The molecule has 2 rings (SSSR count). The fourth-order valence-corrected chi connectivity index (χ4v) is 2.83. The molecule has 0 radical (unpaired) electrons. The number of hydrogen-bond acceptors (Lipinski definition) is 3. The minimum atomic E-state index is -0.386. The first-order chi connectivity index (χ1) is 10.7. The van der Waals surface area contributed by atoms with E-state index in [1.807, 2.05) is 25.7 Å². The molecule has 0 bridgehead atoms. The molecule has 1 aliphatic rings. The maximum atomic E-state index is 12.3. The molecule has 0 aliphatic carbocycles. The van der Waals surface area contributed by atoms with E-state index in [9.17, 15) is 14.7 Å². The monoisotopic (exact) mass is 338 g/mol. The zero-order chi connectivity index (χ0) is 17.2. The van der Waals surface area contributed by atoms with Crippen LogP contribution in [-0.4, -0.2) is 41.0 Å². The van der Waals surface area contributed by atoms with E-state index in [4.69, 9.17) is 11.6 Å². The number of carbonyl (C=O) groups is 2. The molecule has 126 valence electrons.